The van der Waals surface area contributed by atoms with Gasteiger partial charge in [0, 0.05) is 17.3 Å². The zero-order chi connectivity index (χ0) is 16.2. The Morgan fingerprint density at radius 3 is 2.57 bits per heavy atom. The van der Waals surface area contributed by atoms with Gasteiger partial charge < -0.3 is 9.84 Å². The predicted octanol–water partition coefficient (Wildman–Crippen LogP) is 4.60. The summed E-state index contributed by atoms with van der Waals surface area (Å²) >= 11 is 0. The van der Waals surface area contributed by atoms with Gasteiger partial charge in [-0.25, -0.2) is 4.79 Å². The molecule has 0 aliphatic rings. The van der Waals surface area contributed by atoms with Crippen LogP contribution in [0.5, 0.6) is 0 Å². The van der Waals surface area contributed by atoms with Crippen molar-refractivity contribution in [1.29, 1.82) is 0 Å². The summed E-state index contributed by atoms with van der Waals surface area (Å²) in [4.78, 5) is 12.1. The zero-order valence-corrected chi connectivity index (χ0v) is 13.0. The maximum atomic E-state index is 12.1. The van der Waals surface area contributed by atoms with Crippen molar-refractivity contribution in [2.75, 3.05) is 10.6 Å². The summed E-state index contributed by atoms with van der Waals surface area (Å²) in [5, 5.41) is 9.36. The minimum absolute atomic E-state index is 0.355. The molecule has 2 aromatic carbocycles. The van der Waals surface area contributed by atoms with Crippen LogP contribution in [-0.4, -0.2) is 11.2 Å². The molecule has 0 bridgehead atoms. The molecular formula is C18H17N3O2. The van der Waals surface area contributed by atoms with Crippen molar-refractivity contribution in [3.05, 3.63) is 65.7 Å². The first-order valence-electron chi connectivity index (χ1n) is 7.30. The lowest BCUT2D eigenvalue weighted by Gasteiger charge is -2.10. The average Bonchev–Trinajstić information content (AvgIpc) is 3.01. The van der Waals surface area contributed by atoms with Crippen LogP contribution in [-0.2, 0) is 0 Å². The predicted molar refractivity (Wildman–Crippen MR) is 90.5 cm³/mol. The maximum absolute atomic E-state index is 12.1. The Labute approximate surface area is 134 Å². The summed E-state index contributed by atoms with van der Waals surface area (Å²) in [5.74, 6) is 0.972. The number of amides is 2. The van der Waals surface area contributed by atoms with E-state index in [1.807, 2.05) is 62.4 Å². The SMILES string of the molecule is Cc1cccc(NC(=O)Nc2cc(-c3ccccc3)on2)c1C. The number of hydrogen-bond donors (Lipinski definition) is 2. The van der Waals surface area contributed by atoms with Crippen LogP contribution in [0.2, 0.25) is 0 Å². The highest BCUT2D eigenvalue weighted by Gasteiger charge is 2.10. The number of anilines is 2. The monoisotopic (exact) mass is 307 g/mol. The third-order valence-corrected chi connectivity index (χ3v) is 3.66. The maximum Gasteiger partial charge on any atom is 0.324 e. The van der Waals surface area contributed by atoms with E-state index in [1.54, 1.807) is 6.07 Å². The number of nitrogens with zero attached hydrogens (tertiary/aromatic N) is 1. The van der Waals surface area contributed by atoms with Gasteiger partial charge in [-0.15, -0.1) is 0 Å². The first-order chi connectivity index (χ1) is 11.1. The van der Waals surface area contributed by atoms with E-state index in [0.717, 1.165) is 22.4 Å². The lowest BCUT2D eigenvalue weighted by molar-refractivity contribution is 0.262. The van der Waals surface area contributed by atoms with Crippen LogP contribution in [0, 0.1) is 13.8 Å². The van der Waals surface area contributed by atoms with Gasteiger partial charge in [0.25, 0.3) is 0 Å². The minimum atomic E-state index is -0.355. The highest BCUT2D eigenvalue weighted by molar-refractivity contribution is 5.99. The molecule has 2 N–H and O–H groups in total. The Morgan fingerprint density at radius 2 is 1.78 bits per heavy atom. The zero-order valence-electron chi connectivity index (χ0n) is 13.0. The second-order valence-electron chi connectivity index (χ2n) is 5.27. The van der Waals surface area contributed by atoms with Gasteiger partial charge >= 0.3 is 6.03 Å². The summed E-state index contributed by atoms with van der Waals surface area (Å²) in [6.07, 6.45) is 0. The number of nitrogens with one attached hydrogen (secondary N) is 2. The molecule has 5 nitrogen and oxygen atoms in total. The minimum Gasteiger partial charge on any atom is -0.354 e. The average molecular weight is 307 g/mol. The van der Waals surface area contributed by atoms with Crippen LogP contribution in [0.3, 0.4) is 0 Å². The van der Waals surface area contributed by atoms with Gasteiger partial charge in [0.15, 0.2) is 11.6 Å². The van der Waals surface area contributed by atoms with E-state index in [4.69, 9.17) is 4.52 Å². The Bertz CT molecular complexity index is 825. The molecule has 0 saturated carbocycles. The van der Waals surface area contributed by atoms with Crippen molar-refractivity contribution < 1.29 is 9.32 Å². The fourth-order valence-corrected chi connectivity index (χ4v) is 2.23. The van der Waals surface area contributed by atoms with Crippen molar-refractivity contribution in [2.45, 2.75) is 13.8 Å². The number of aromatic nitrogens is 1. The van der Waals surface area contributed by atoms with E-state index in [9.17, 15) is 4.79 Å². The number of urea groups is 1. The number of carbonyl (C=O) groups is 1. The number of rotatable bonds is 3. The molecule has 1 aromatic heterocycles. The second-order valence-corrected chi connectivity index (χ2v) is 5.27. The summed E-state index contributed by atoms with van der Waals surface area (Å²) in [5.41, 5.74) is 3.83. The molecule has 0 fully saturated rings. The molecule has 0 aliphatic heterocycles. The van der Waals surface area contributed by atoms with E-state index in [2.05, 4.69) is 15.8 Å². The van der Waals surface area contributed by atoms with Crippen LogP contribution in [0.25, 0.3) is 11.3 Å². The highest BCUT2D eigenvalue weighted by Crippen LogP contribution is 2.22. The lowest BCUT2D eigenvalue weighted by atomic mass is 10.1. The molecule has 0 unspecified atom stereocenters. The number of aryl methyl sites for hydroxylation is 1. The third kappa shape index (κ3) is 3.40. The molecule has 0 saturated heterocycles. The molecule has 3 aromatic rings. The molecule has 0 atom stereocenters. The van der Waals surface area contributed by atoms with Gasteiger partial charge in [0.05, 0.1) is 0 Å². The van der Waals surface area contributed by atoms with Gasteiger partial charge in [-0.1, -0.05) is 47.6 Å². The van der Waals surface area contributed by atoms with Crippen molar-refractivity contribution >= 4 is 17.5 Å². The van der Waals surface area contributed by atoms with Crippen LogP contribution >= 0.6 is 0 Å². The van der Waals surface area contributed by atoms with Crippen molar-refractivity contribution in [3.63, 3.8) is 0 Å². The molecule has 1 heterocycles. The normalized spacial score (nSPS) is 10.3. The van der Waals surface area contributed by atoms with Gasteiger partial charge in [-0.3, -0.25) is 5.32 Å². The molecule has 0 spiro atoms. The standard InChI is InChI=1S/C18H17N3O2/c1-12-7-6-10-15(13(12)2)19-18(22)20-17-11-16(23-21-17)14-8-4-3-5-9-14/h3-11H,1-2H3,(H2,19,20,21,22). The molecule has 0 aliphatic carbocycles. The Balaban J connectivity index is 1.69. The second kappa shape index (κ2) is 6.36. The van der Waals surface area contributed by atoms with Crippen LogP contribution in [0.1, 0.15) is 11.1 Å². The fourth-order valence-electron chi connectivity index (χ4n) is 2.23. The van der Waals surface area contributed by atoms with E-state index >= 15 is 0 Å². The first-order valence-corrected chi connectivity index (χ1v) is 7.30. The summed E-state index contributed by atoms with van der Waals surface area (Å²) in [6.45, 7) is 3.97. The Kier molecular flexibility index (Phi) is 4.10. The van der Waals surface area contributed by atoms with Gasteiger partial charge in [-0.05, 0) is 31.0 Å². The molecule has 2 amide bonds. The number of benzene rings is 2. The third-order valence-electron chi connectivity index (χ3n) is 3.66. The quantitative estimate of drug-likeness (QED) is 0.743. The number of hydrogen-bond acceptors (Lipinski definition) is 3. The lowest BCUT2D eigenvalue weighted by Crippen LogP contribution is -2.20. The van der Waals surface area contributed by atoms with E-state index in [0.29, 0.717) is 11.6 Å². The molecular weight excluding hydrogens is 290 g/mol. The first kappa shape index (κ1) is 14.8. The van der Waals surface area contributed by atoms with Gasteiger partial charge in [0.2, 0.25) is 0 Å². The van der Waals surface area contributed by atoms with Crippen molar-refractivity contribution in [1.82, 2.24) is 5.16 Å². The molecule has 116 valence electrons. The summed E-state index contributed by atoms with van der Waals surface area (Å²) in [7, 11) is 0. The van der Waals surface area contributed by atoms with Crippen molar-refractivity contribution in [2.24, 2.45) is 0 Å². The smallest absolute Gasteiger partial charge is 0.324 e. The van der Waals surface area contributed by atoms with Crippen LogP contribution in [0.15, 0.2) is 59.1 Å². The van der Waals surface area contributed by atoms with Gasteiger partial charge in [-0.2, -0.15) is 0 Å². The largest absolute Gasteiger partial charge is 0.354 e. The molecule has 5 heteroatoms. The van der Waals surface area contributed by atoms with Crippen LogP contribution < -0.4 is 10.6 Å². The Hall–Kier alpha value is -3.08. The van der Waals surface area contributed by atoms with E-state index in [1.165, 1.54) is 0 Å². The molecule has 3 rings (SSSR count). The fraction of sp³-hybridized carbons (Fsp3) is 0.111. The molecule has 23 heavy (non-hydrogen) atoms. The summed E-state index contributed by atoms with van der Waals surface area (Å²) in [6, 6.07) is 16.7. The topological polar surface area (TPSA) is 67.2 Å². The number of carbonyl (C=O) groups excluding carboxylic acids is 1. The Morgan fingerprint density at radius 1 is 1.00 bits per heavy atom. The summed E-state index contributed by atoms with van der Waals surface area (Å²) < 4.78 is 5.25. The van der Waals surface area contributed by atoms with E-state index in [-0.39, 0.29) is 6.03 Å². The van der Waals surface area contributed by atoms with Gasteiger partial charge in [0.1, 0.15) is 0 Å². The van der Waals surface area contributed by atoms with Crippen molar-refractivity contribution in [3.8, 4) is 11.3 Å². The van der Waals surface area contributed by atoms with Crippen LogP contribution in [0.4, 0.5) is 16.3 Å². The van der Waals surface area contributed by atoms with E-state index < -0.39 is 0 Å². The molecule has 0 radical (unpaired) electrons. The highest BCUT2D eigenvalue weighted by atomic mass is 16.5.